The second-order valence-corrected chi connectivity index (χ2v) is 6.77. The van der Waals surface area contributed by atoms with Crippen LogP contribution >= 0.6 is 21.6 Å². The van der Waals surface area contributed by atoms with E-state index in [2.05, 4.69) is 0 Å². The fourth-order valence-electron chi connectivity index (χ4n) is 2.04. The predicted molar refractivity (Wildman–Crippen MR) is 92.9 cm³/mol. The third-order valence-corrected chi connectivity index (χ3v) is 5.69. The van der Waals surface area contributed by atoms with Crippen molar-refractivity contribution in [1.29, 1.82) is 31.6 Å². The maximum absolute atomic E-state index is 9.33. The van der Waals surface area contributed by atoms with E-state index in [1.165, 1.54) is 12.1 Å². The molecule has 2 aromatic carbocycles. The van der Waals surface area contributed by atoms with Crippen molar-refractivity contribution in [2.75, 3.05) is 0 Å². The van der Waals surface area contributed by atoms with Crippen LogP contribution in [0.5, 0.6) is 0 Å². The number of hydrogen-bond acceptors (Lipinski definition) is 8. The quantitative estimate of drug-likeness (QED) is 0.746. The molecule has 0 radical (unpaired) electrons. The van der Waals surface area contributed by atoms with Crippen LogP contribution in [0.4, 0.5) is 0 Å². The molecule has 0 fully saturated rings. The average molecular weight is 368 g/mol. The van der Waals surface area contributed by atoms with Crippen LogP contribution in [0.15, 0.2) is 34.1 Å². The van der Waals surface area contributed by atoms with E-state index in [9.17, 15) is 21.0 Å². The van der Waals surface area contributed by atoms with Crippen molar-refractivity contribution in [3.05, 3.63) is 57.6 Å². The molecule has 0 unspecified atom stereocenters. The van der Waals surface area contributed by atoms with Crippen LogP contribution in [0.1, 0.15) is 33.4 Å². The molecular weight excluding hydrogens is 364 g/mol. The summed E-state index contributed by atoms with van der Waals surface area (Å²) < 4.78 is 0. The highest BCUT2D eigenvalue weighted by molar-refractivity contribution is 8.76. The minimum absolute atomic E-state index is 0.00125. The maximum Gasteiger partial charge on any atom is 0.102 e. The van der Waals surface area contributed by atoms with Gasteiger partial charge < -0.3 is 0 Å². The highest BCUT2D eigenvalue weighted by Gasteiger charge is 2.17. The SMILES string of the molecule is N#Cc1ccc(SSc2ccc(C#N)c(C#N)c2C#N)c(C#N)c1C#N. The van der Waals surface area contributed by atoms with Gasteiger partial charge in [0.2, 0.25) is 0 Å². The van der Waals surface area contributed by atoms with E-state index in [1.807, 2.05) is 36.4 Å². The number of nitriles is 6. The van der Waals surface area contributed by atoms with Gasteiger partial charge in [0.1, 0.15) is 36.4 Å². The van der Waals surface area contributed by atoms with E-state index in [0.29, 0.717) is 9.79 Å². The number of nitrogens with zero attached hydrogens (tertiary/aromatic N) is 6. The summed E-state index contributed by atoms with van der Waals surface area (Å²) in [4.78, 5) is 0.916. The zero-order valence-electron chi connectivity index (χ0n) is 12.8. The lowest BCUT2D eigenvalue weighted by molar-refractivity contribution is 1.31. The molecule has 0 atom stereocenters. The third-order valence-electron chi connectivity index (χ3n) is 3.24. The Balaban J connectivity index is 2.47. The van der Waals surface area contributed by atoms with Crippen LogP contribution in [0.2, 0.25) is 0 Å². The van der Waals surface area contributed by atoms with Crippen molar-refractivity contribution in [1.82, 2.24) is 0 Å². The van der Waals surface area contributed by atoms with Gasteiger partial charge in [0.05, 0.1) is 33.4 Å². The summed E-state index contributed by atoms with van der Waals surface area (Å²) >= 11 is 0. The Hall–Kier alpha value is -3.92. The highest BCUT2D eigenvalue weighted by Crippen LogP contribution is 2.42. The van der Waals surface area contributed by atoms with Crippen molar-refractivity contribution in [3.8, 4) is 36.4 Å². The summed E-state index contributed by atoms with van der Waals surface area (Å²) in [7, 11) is 2.25. The van der Waals surface area contributed by atoms with Crippen molar-refractivity contribution >= 4 is 21.6 Å². The van der Waals surface area contributed by atoms with E-state index in [-0.39, 0.29) is 33.4 Å². The first kappa shape index (κ1) is 18.4. The first-order valence-corrected chi connectivity index (χ1v) is 8.89. The van der Waals surface area contributed by atoms with Gasteiger partial charge >= 0.3 is 0 Å². The van der Waals surface area contributed by atoms with Gasteiger partial charge in [0.15, 0.2) is 0 Å². The molecule has 0 amide bonds. The van der Waals surface area contributed by atoms with Crippen LogP contribution in [-0.2, 0) is 0 Å². The monoisotopic (exact) mass is 368 g/mol. The van der Waals surface area contributed by atoms with Gasteiger partial charge in [-0.15, -0.1) is 0 Å². The minimum atomic E-state index is -0.00125. The molecule has 2 rings (SSSR count). The van der Waals surface area contributed by atoms with Crippen LogP contribution in [-0.4, -0.2) is 0 Å². The van der Waals surface area contributed by atoms with Crippen LogP contribution in [0.3, 0.4) is 0 Å². The Morgan fingerprint density at radius 1 is 0.462 bits per heavy atom. The van der Waals surface area contributed by atoms with Gasteiger partial charge in [0, 0.05) is 9.79 Å². The molecule has 0 saturated carbocycles. The second kappa shape index (κ2) is 8.26. The Labute approximate surface area is 157 Å². The fraction of sp³-hybridized carbons (Fsp3) is 0. The molecule has 0 aromatic heterocycles. The summed E-state index contributed by atoms with van der Waals surface area (Å²) in [5.41, 5.74) is 0.383. The molecule has 6 nitrogen and oxygen atoms in total. The average Bonchev–Trinajstić information content (AvgIpc) is 2.70. The summed E-state index contributed by atoms with van der Waals surface area (Å²) in [6.07, 6.45) is 0. The normalized spacial score (nSPS) is 8.85. The van der Waals surface area contributed by atoms with Crippen LogP contribution in [0, 0.1) is 68.0 Å². The largest absolute Gasteiger partial charge is 0.192 e. The van der Waals surface area contributed by atoms with Crippen molar-refractivity contribution in [2.45, 2.75) is 9.79 Å². The second-order valence-electron chi connectivity index (χ2n) is 4.56. The van der Waals surface area contributed by atoms with E-state index in [0.717, 1.165) is 21.6 Å². The number of benzene rings is 2. The van der Waals surface area contributed by atoms with Crippen molar-refractivity contribution in [2.24, 2.45) is 0 Å². The Bertz CT molecular complexity index is 1060. The Kier molecular flexibility index (Phi) is 5.85. The molecule has 0 aliphatic carbocycles. The third kappa shape index (κ3) is 3.30. The Morgan fingerprint density at radius 3 is 1.08 bits per heavy atom. The van der Waals surface area contributed by atoms with Gasteiger partial charge in [0.25, 0.3) is 0 Å². The highest BCUT2D eigenvalue weighted by atomic mass is 33.1. The maximum atomic E-state index is 9.33. The van der Waals surface area contributed by atoms with Crippen LogP contribution in [0.25, 0.3) is 0 Å². The summed E-state index contributed by atoms with van der Waals surface area (Å²) in [5.74, 6) is 0. The molecule has 118 valence electrons. The molecule has 0 aliphatic rings. The van der Waals surface area contributed by atoms with Crippen molar-refractivity contribution < 1.29 is 0 Å². The first-order chi connectivity index (χ1) is 12.6. The lowest BCUT2D eigenvalue weighted by Gasteiger charge is -2.08. The summed E-state index contributed by atoms with van der Waals surface area (Å²) in [6.45, 7) is 0. The molecule has 0 aliphatic heterocycles. The minimum Gasteiger partial charge on any atom is -0.192 e. The van der Waals surface area contributed by atoms with Gasteiger partial charge in [-0.3, -0.25) is 0 Å². The Morgan fingerprint density at radius 2 is 0.808 bits per heavy atom. The van der Waals surface area contributed by atoms with Crippen LogP contribution < -0.4 is 0 Å². The standard InChI is InChI=1S/C18H4N6S2/c19-5-11-1-3-17(15(9-23)13(11)7-21)25-26-18-4-2-12(6-20)14(8-22)16(18)10-24/h1-4H. The zero-order valence-corrected chi connectivity index (χ0v) is 14.4. The van der Waals surface area contributed by atoms with Gasteiger partial charge in [-0.05, 0) is 24.3 Å². The zero-order chi connectivity index (χ0) is 19.1. The lowest BCUT2D eigenvalue weighted by Crippen LogP contribution is -1.93. The molecule has 0 heterocycles. The fourth-order valence-corrected chi connectivity index (χ4v) is 4.30. The molecule has 0 saturated heterocycles. The molecule has 0 N–H and O–H groups in total. The van der Waals surface area contributed by atoms with Gasteiger partial charge in [-0.1, -0.05) is 21.6 Å². The molecule has 8 heteroatoms. The first-order valence-electron chi connectivity index (χ1n) is 6.74. The molecule has 2 aromatic rings. The van der Waals surface area contributed by atoms with E-state index in [1.54, 1.807) is 12.1 Å². The number of rotatable bonds is 3. The predicted octanol–water partition coefficient (Wildman–Crippen LogP) is 3.72. The molecule has 0 spiro atoms. The van der Waals surface area contributed by atoms with E-state index in [4.69, 9.17) is 10.5 Å². The molecular formula is C18H4N6S2. The van der Waals surface area contributed by atoms with Crippen molar-refractivity contribution in [3.63, 3.8) is 0 Å². The van der Waals surface area contributed by atoms with E-state index < -0.39 is 0 Å². The summed E-state index contributed by atoms with van der Waals surface area (Å²) in [5, 5.41) is 55.1. The molecule has 0 bridgehead atoms. The lowest BCUT2D eigenvalue weighted by atomic mass is 10.0. The van der Waals surface area contributed by atoms with Gasteiger partial charge in [-0.25, -0.2) is 0 Å². The molecule has 26 heavy (non-hydrogen) atoms. The topological polar surface area (TPSA) is 143 Å². The summed E-state index contributed by atoms with van der Waals surface area (Å²) in [6, 6.07) is 17.3. The van der Waals surface area contributed by atoms with Gasteiger partial charge in [-0.2, -0.15) is 31.6 Å². The van der Waals surface area contributed by atoms with E-state index >= 15 is 0 Å². The number of hydrogen-bond donors (Lipinski definition) is 0. The smallest absolute Gasteiger partial charge is 0.102 e.